The summed E-state index contributed by atoms with van der Waals surface area (Å²) in [5, 5.41) is 4.00. The normalized spacial score (nSPS) is 11.5. The van der Waals surface area contributed by atoms with Crippen LogP contribution in [0.5, 0.6) is 0 Å². The Labute approximate surface area is 120 Å². The Morgan fingerprint density at radius 1 is 1.32 bits per heavy atom. The molecule has 0 unspecified atom stereocenters. The molecule has 9 heteroatoms. The molecule has 2 aromatic rings. The Bertz CT molecular complexity index is 727. The Balaban J connectivity index is 2.43. The van der Waals surface area contributed by atoms with E-state index in [9.17, 15) is 8.42 Å². The molecule has 19 heavy (non-hydrogen) atoms. The lowest BCUT2D eigenvalue weighted by Gasteiger charge is -2.09. The van der Waals surface area contributed by atoms with Crippen LogP contribution in [0.2, 0.25) is 10.0 Å². The van der Waals surface area contributed by atoms with Gasteiger partial charge in [0.15, 0.2) is 5.82 Å². The van der Waals surface area contributed by atoms with E-state index in [1.54, 1.807) is 13.2 Å². The lowest BCUT2D eigenvalue weighted by molar-refractivity contribution is 0.601. The van der Waals surface area contributed by atoms with Gasteiger partial charge in [-0.1, -0.05) is 23.2 Å². The van der Waals surface area contributed by atoms with E-state index in [1.807, 2.05) is 0 Å². The lowest BCUT2D eigenvalue weighted by atomic mass is 10.3. The smallest absolute Gasteiger partial charge is 0.264 e. The minimum absolute atomic E-state index is 0.0206. The van der Waals surface area contributed by atoms with Gasteiger partial charge >= 0.3 is 0 Å². The highest BCUT2D eigenvalue weighted by Gasteiger charge is 2.21. The number of aryl methyl sites for hydroxylation is 1. The van der Waals surface area contributed by atoms with E-state index in [4.69, 9.17) is 28.9 Å². The zero-order valence-corrected chi connectivity index (χ0v) is 12.1. The summed E-state index contributed by atoms with van der Waals surface area (Å²) in [7, 11) is -2.19. The third kappa shape index (κ3) is 2.78. The average molecular weight is 321 g/mol. The first-order chi connectivity index (χ1) is 8.81. The molecule has 1 heterocycles. The highest BCUT2D eigenvalue weighted by Crippen LogP contribution is 2.33. The summed E-state index contributed by atoms with van der Waals surface area (Å²) in [6.45, 7) is 0. The summed E-state index contributed by atoms with van der Waals surface area (Å²) in [6, 6.07) is 4.17. The van der Waals surface area contributed by atoms with Crippen LogP contribution >= 0.6 is 23.2 Å². The van der Waals surface area contributed by atoms with Crippen molar-refractivity contribution in [2.24, 2.45) is 7.05 Å². The van der Waals surface area contributed by atoms with Gasteiger partial charge < -0.3 is 5.73 Å². The maximum absolute atomic E-state index is 12.2. The van der Waals surface area contributed by atoms with Crippen molar-refractivity contribution < 1.29 is 8.42 Å². The summed E-state index contributed by atoms with van der Waals surface area (Å²) in [5.74, 6) is 0.187. The molecule has 3 N–H and O–H groups in total. The van der Waals surface area contributed by atoms with Gasteiger partial charge in [0.05, 0.1) is 15.7 Å². The maximum Gasteiger partial charge on any atom is 0.264 e. The first kappa shape index (κ1) is 14.0. The molecule has 1 aromatic heterocycles. The van der Waals surface area contributed by atoms with Crippen LogP contribution in [0.3, 0.4) is 0 Å². The largest absolute Gasteiger partial charge is 0.396 e. The van der Waals surface area contributed by atoms with E-state index in [2.05, 4.69) is 9.82 Å². The van der Waals surface area contributed by atoms with E-state index < -0.39 is 10.0 Å². The fourth-order valence-corrected chi connectivity index (χ4v) is 3.18. The molecule has 102 valence electrons. The maximum atomic E-state index is 12.2. The van der Waals surface area contributed by atoms with Crippen molar-refractivity contribution in [3.8, 4) is 0 Å². The summed E-state index contributed by atoms with van der Waals surface area (Å²) in [6.07, 6.45) is 1.61. The Kier molecular flexibility index (Phi) is 3.62. The predicted octanol–water partition coefficient (Wildman–Crippen LogP) is 2.11. The number of anilines is 2. The Morgan fingerprint density at radius 3 is 2.58 bits per heavy atom. The fraction of sp³-hybridized carbons (Fsp3) is 0.100. The van der Waals surface area contributed by atoms with Gasteiger partial charge in [-0.3, -0.25) is 9.40 Å². The standard InChI is InChI=1S/C10H10Cl2N4O2S/c1-16-5-4-8(14-16)15-19(17,18)7-3-2-6(11)10(13)9(7)12/h2-5H,13H2,1H3,(H,14,15). The van der Waals surface area contributed by atoms with Gasteiger partial charge in [-0.2, -0.15) is 5.10 Å². The fourth-order valence-electron chi connectivity index (χ4n) is 1.42. The number of halogens is 2. The average Bonchev–Trinajstić information content (AvgIpc) is 2.70. The van der Waals surface area contributed by atoms with Crippen LogP contribution in [0.1, 0.15) is 0 Å². The molecule has 1 aromatic carbocycles. The van der Waals surface area contributed by atoms with Gasteiger partial charge in [0, 0.05) is 19.3 Å². The van der Waals surface area contributed by atoms with Crippen molar-refractivity contribution in [3.05, 3.63) is 34.4 Å². The second-order valence-electron chi connectivity index (χ2n) is 3.75. The van der Waals surface area contributed by atoms with Gasteiger partial charge in [0.1, 0.15) is 4.90 Å². The van der Waals surface area contributed by atoms with E-state index in [0.29, 0.717) is 0 Å². The van der Waals surface area contributed by atoms with Gasteiger partial charge in [0.25, 0.3) is 10.0 Å². The van der Waals surface area contributed by atoms with Crippen molar-refractivity contribution in [2.75, 3.05) is 10.5 Å². The van der Waals surface area contributed by atoms with Crippen LogP contribution in [0.15, 0.2) is 29.3 Å². The molecule has 0 atom stereocenters. The van der Waals surface area contributed by atoms with Crippen LogP contribution in [0, 0.1) is 0 Å². The lowest BCUT2D eigenvalue weighted by Crippen LogP contribution is -2.14. The molecule has 0 saturated carbocycles. The number of aromatic nitrogens is 2. The van der Waals surface area contributed by atoms with Gasteiger partial charge in [0.2, 0.25) is 0 Å². The Morgan fingerprint density at radius 2 is 2.00 bits per heavy atom. The predicted molar refractivity (Wildman–Crippen MR) is 74.9 cm³/mol. The highest BCUT2D eigenvalue weighted by molar-refractivity contribution is 7.92. The number of sulfonamides is 1. The van der Waals surface area contributed by atoms with Crippen molar-refractivity contribution in [1.29, 1.82) is 0 Å². The summed E-state index contributed by atoms with van der Waals surface area (Å²) in [5.41, 5.74) is 5.62. The third-order valence-electron chi connectivity index (χ3n) is 2.33. The molecular formula is C10H10Cl2N4O2S. The molecule has 0 radical (unpaired) electrons. The second-order valence-corrected chi connectivity index (χ2v) is 6.19. The molecule has 0 amide bonds. The van der Waals surface area contributed by atoms with Gasteiger partial charge in [-0.15, -0.1) is 0 Å². The van der Waals surface area contributed by atoms with Crippen LogP contribution in [-0.2, 0) is 17.1 Å². The van der Waals surface area contributed by atoms with Crippen molar-refractivity contribution >= 4 is 44.7 Å². The second kappa shape index (κ2) is 4.92. The van der Waals surface area contributed by atoms with Gasteiger partial charge in [-0.05, 0) is 12.1 Å². The zero-order valence-electron chi connectivity index (χ0n) is 9.76. The van der Waals surface area contributed by atoms with Gasteiger partial charge in [-0.25, -0.2) is 8.42 Å². The third-order valence-corrected chi connectivity index (χ3v) is 4.58. The molecular weight excluding hydrogens is 311 g/mol. The first-order valence-electron chi connectivity index (χ1n) is 5.07. The van der Waals surface area contributed by atoms with E-state index in [1.165, 1.54) is 22.9 Å². The summed E-state index contributed by atoms with van der Waals surface area (Å²) >= 11 is 11.7. The summed E-state index contributed by atoms with van der Waals surface area (Å²) < 4.78 is 28.1. The molecule has 0 aliphatic rings. The molecule has 0 saturated heterocycles. The van der Waals surface area contributed by atoms with Crippen LogP contribution in [0.25, 0.3) is 0 Å². The molecule has 0 spiro atoms. The SMILES string of the molecule is Cn1ccc(NS(=O)(=O)c2ccc(Cl)c(N)c2Cl)n1. The van der Waals surface area contributed by atoms with Crippen molar-refractivity contribution in [2.45, 2.75) is 4.90 Å². The Hall–Kier alpha value is -1.44. The van der Waals surface area contributed by atoms with E-state index >= 15 is 0 Å². The minimum atomic E-state index is -3.87. The molecule has 0 aliphatic carbocycles. The number of hydrogen-bond donors (Lipinski definition) is 2. The number of nitrogen functional groups attached to an aromatic ring is 1. The molecule has 0 fully saturated rings. The number of rotatable bonds is 3. The number of nitrogens with one attached hydrogen (secondary N) is 1. The molecule has 2 rings (SSSR count). The number of hydrogen-bond acceptors (Lipinski definition) is 4. The zero-order chi connectivity index (χ0) is 14.2. The number of nitrogens with two attached hydrogens (primary N) is 1. The van der Waals surface area contributed by atoms with Crippen LogP contribution in [0.4, 0.5) is 11.5 Å². The quantitative estimate of drug-likeness (QED) is 0.847. The van der Waals surface area contributed by atoms with Crippen molar-refractivity contribution in [3.63, 3.8) is 0 Å². The highest BCUT2D eigenvalue weighted by atomic mass is 35.5. The molecule has 0 bridgehead atoms. The van der Waals surface area contributed by atoms with Crippen molar-refractivity contribution in [1.82, 2.24) is 9.78 Å². The first-order valence-corrected chi connectivity index (χ1v) is 7.31. The van der Waals surface area contributed by atoms with E-state index in [-0.39, 0.29) is 26.4 Å². The molecule has 6 nitrogen and oxygen atoms in total. The van der Waals surface area contributed by atoms with Crippen LogP contribution < -0.4 is 10.5 Å². The summed E-state index contributed by atoms with van der Waals surface area (Å²) in [4.78, 5) is -0.151. The minimum Gasteiger partial charge on any atom is -0.396 e. The van der Waals surface area contributed by atoms with Crippen LogP contribution in [-0.4, -0.2) is 18.2 Å². The molecule has 0 aliphatic heterocycles. The monoisotopic (exact) mass is 320 g/mol. The number of benzene rings is 1. The number of nitrogens with zero attached hydrogens (tertiary/aromatic N) is 2. The van der Waals surface area contributed by atoms with E-state index in [0.717, 1.165) is 0 Å². The topological polar surface area (TPSA) is 90.0 Å².